The first-order valence-electron chi connectivity index (χ1n) is 2.83. The van der Waals surface area contributed by atoms with E-state index >= 15 is 0 Å². The summed E-state index contributed by atoms with van der Waals surface area (Å²) in [7, 11) is 0. The van der Waals surface area contributed by atoms with E-state index in [1.807, 2.05) is 0 Å². The molecular formula is C5H4N4O3. The molecule has 1 amide bonds. The third-order valence-electron chi connectivity index (χ3n) is 1.20. The standard InChI is InChI=1S/C5H4N4O3/c1-2-4(9(11)12)3(6)5(10)8-7-2/h1,6H2. The molecule has 0 aromatic heterocycles. The molecule has 0 saturated heterocycles. The third kappa shape index (κ3) is 1.07. The van der Waals surface area contributed by atoms with E-state index in [9.17, 15) is 14.9 Å². The van der Waals surface area contributed by atoms with Crippen LogP contribution >= 0.6 is 0 Å². The van der Waals surface area contributed by atoms with Crippen LogP contribution < -0.4 is 5.73 Å². The Kier molecular flexibility index (Phi) is 1.70. The van der Waals surface area contributed by atoms with E-state index in [0.29, 0.717) is 0 Å². The van der Waals surface area contributed by atoms with Gasteiger partial charge in [-0.25, -0.2) is 0 Å². The molecule has 7 nitrogen and oxygen atoms in total. The van der Waals surface area contributed by atoms with E-state index in [0.717, 1.165) is 0 Å². The van der Waals surface area contributed by atoms with Crippen molar-refractivity contribution in [2.75, 3.05) is 0 Å². The molecule has 62 valence electrons. The van der Waals surface area contributed by atoms with Gasteiger partial charge in [0, 0.05) is 0 Å². The van der Waals surface area contributed by atoms with Gasteiger partial charge < -0.3 is 5.73 Å². The molecule has 0 unspecified atom stereocenters. The minimum Gasteiger partial charge on any atom is -0.388 e. The molecule has 0 fully saturated rings. The Balaban J connectivity index is 3.24. The maximum absolute atomic E-state index is 10.7. The summed E-state index contributed by atoms with van der Waals surface area (Å²) >= 11 is 0. The number of azo groups is 1. The molecule has 1 rings (SSSR count). The van der Waals surface area contributed by atoms with Gasteiger partial charge in [-0.2, -0.15) is 0 Å². The van der Waals surface area contributed by atoms with Gasteiger partial charge >= 0.3 is 11.6 Å². The molecule has 0 aromatic carbocycles. The molecule has 12 heavy (non-hydrogen) atoms. The Morgan fingerprint density at radius 1 is 1.50 bits per heavy atom. The fraction of sp³-hybridized carbons (Fsp3) is 0. The second-order valence-corrected chi connectivity index (χ2v) is 1.97. The lowest BCUT2D eigenvalue weighted by molar-refractivity contribution is -0.422. The third-order valence-corrected chi connectivity index (χ3v) is 1.20. The lowest BCUT2D eigenvalue weighted by Crippen LogP contribution is -2.19. The van der Waals surface area contributed by atoms with Crippen molar-refractivity contribution in [1.82, 2.24) is 0 Å². The van der Waals surface area contributed by atoms with E-state index < -0.39 is 22.2 Å². The highest BCUT2D eigenvalue weighted by atomic mass is 16.6. The van der Waals surface area contributed by atoms with Crippen LogP contribution in [0.4, 0.5) is 0 Å². The van der Waals surface area contributed by atoms with Crippen molar-refractivity contribution in [3.63, 3.8) is 0 Å². The first-order chi connectivity index (χ1) is 5.54. The normalized spacial score (nSPS) is 17.0. The van der Waals surface area contributed by atoms with Crippen LogP contribution in [-0.2, 0) is 4.79 Å². The van der Waals surface area contributed by atoms with Crippen molar-refractivity contribution >= 4 is 5.91 Å². The lowest BCUT2D eigenvalue weighted by Gasteiger charge is -2.03. The van der Waals surface area contributed by atoms with Crippen molar-refractivity contribution in [1.29, 1.82) is 0 Å². The number of nitrogens with two attached hydrogens (primary N) is 1. The zero-order chi connectivity index (χ0) is 9.30. The summed E-state index contributed by atoms with van der Waals surface area (Å²) in [6.07, 6.45) is 0. The molecule has 0 spiro atoms. The molecule has 1 aliphatic rings. The summed E-state index contributed by atoms with van der Waals surface area (Å²) in [6, 6.07) is 0. The smallest absolute Gasteiger partial charge is 0.324 e. The monoisotopic (exact) mass is 168 g/mol. The van der Waals surface area contributed by atoms with Gasteiger partial charge in [-0.15, -0.1) is 10.2 Å². The van der Waals surface area contributed by atoms with Gasteiger partial charge in [0.25, 0.3) is 0 Å². The van der Waals surface area contributed by atoms with Gasteiger partial charge in [-0.1, -0.05) is 6.58 Å². The Hall–Kier alpha value is -2.05. The Morgan fingerprint density at radius 3 is 2.50 bits per heavy atom. The van der Waals surface area contributed by atoms with Gasteiger partial charge in [0.2, 0.25) is 0 Å². The number of hydrogen-bond donors (Lipinski definition) is 1. The second kappa shape index (κ2) is 2.53. The summed E-state index contributed by atoms with van der Waals surface area (Å²) in [5, 5.41) is 16.5. The van der Waals surface area contributed by atoms with Gasteiger partial charge in [0.1, 0.15) is 0 Å². The Morgan fingerprint density at radius 2 is 2.08 bits per heavy atom. The largest absolute Gasteiger partial charge is 0.388 e. The van der Waals surface area contributed by atoms with E-state index in [1.165, 1.54) is 0 Å². The van der Waals surface area contributed by atoms with Crippen molar-refractivity contribution < 1.29 is 9.72 Å². The van der Waals surface area contributed by atoms with Crippen LogP contribution in [0.1, 0.15) is 0 Å². The van der Waals surface area contributed by atoms with Gasteiger partial charge in [-0.05, 0) is 0 Å². The highest BCUT2D eigenvalue weighted by Crippen LogP contribution is 2.18. The summed E-state index contributed by atoms with van der Waals surface area (Å²) in [5.41, 5.74) is 3.77. The van der Waals surface area contributed by atoms with Gasteiger partial charge in [-0.3, -0.25) is 14.9 Å². The Labute approximate surface area is 66.4 Å². The highest BCUT2D eigenvalue weighted by Gasteiger charge is 2.28. The second-order valence-electron chi connectivity index (χ2n) is 1.97. The number of carbonyl (C=O) groups is 1. The average molecular weight is 168 g/mol. The van der Waals surface area contributed by atoms with Crippen molar-refractivity contribution in [3.8, 4) is 0 Å². The van der Waals surface area contributed by atoms with Crippen LogP contribution in [-0.4, -0.2) is 10.8 Å². The molecular weight excluding hydrogens is 164 g/mol. The molecule has 0 saturated carbocycles. The summed E-state index contributed by atoms with van der Waals surface area (Å²) in [6.45, 7) is 3.21. The van der Waals surface area contributed by atoms with E-state index in [-0.39, 0.29) is 5.70 Å². The van der Waals surface area contributed by atoms with Gasteiger partial charge in [0.05, 0.1) is 4.92 Å². The number of amides is 1. The first kappa shape index (κ1) is 8.05. The molecule has 0 bridgehead atoms. The van der Waals surface area contributed by atoms with Crippen molar-refractivity contribution in [3.05, 3.63) is 33.8 Å². The fourth-order valence-corrected chi connectivity index (χ4v) is 0.667. The number of hydrogen-bond acceptors (Lipinski definition) is 5. The average Bonchev–Trinajstić information content (AvgIpc) is 1.97. The van der Waals surface area contributed by atoms with Crippen LogP contribution in [0, 0.1) is 10.1 Å². The number of rotatable bonds is 1. The first-order valence-corrected chi connectivity index (χ1v) is 2.83. The molecule has 1 aliphatic heterocycles. The minimum absolute atomic E-state index is 0.211. The predicted octanol–water partition coefficient (Wildman–Crippen LogP) is -0.0605. The maximum atomic E-state index is 10.7. The zero-order valence-electron chi connectivity index (χ0n) is 5.85. The molecule has 0 atom stereocenters. The lowest BCUT2D eigenvalue weighted by atomic mass is 10.2. The topological polar surface area (TPSA) is 111 Å². The quantitative estimate of drug-likeness (QED) is 0.436. The maximum Gasteiger partial charge on any atom is 0.324 e. The molecule has 2 N–H and O–H groups in total. The molecule has 7 heteroatoms. The van der Waals surface area contributed by atoms with Crippen molar-refractivity contribution in [2.45, 2.75) is 0 Å². The number of nitrogens with zero attached hydrogens (tertiary/aromatic N) is 3. The zero-order valence-corrected chi connectivity index (χ0v) is 5.85. The summed E-state index contributed by atoms with van der Waals surface area (Å²) in [4.78, 5) is 20.1. The number of carbonyl (C=O) groups excluding carboxylic acids is 1. The van der Waals surface area contributed by atoms with Crippen LogP contribution in [0.25, 0.3) is 0 Å². The fourth-order valence-electron chi connectivity index (χ4n) is 0.667. The predicted molar refractivity (Wildman–Crippen MR) is 37.2 cm³/mol. The van der Waals surface area contributed by atoms with Crippen molar-refractivity contribution in [2.24, 2.45) is 16.0 Å². The van der Waals surface area contributed by atoms with Crippen LogP contribution in [0.5, 0.6) is 0 Å². The molecule has 0 radical (unpaired) electrons. The summed E-state index contributed by atoms with van der Waals surface area (Å²) < 4.78 is 0. The Bertz CT molecular complexity index is 341. The van der Waals surface area contributed by atoms with Gasteiger partial charge in [0.15, 0.2) is 11.4 Å². The summed E-state index contributed by atoms with van der Waals surface area (Å²) in [5.74, 6) is -0.908. The minimum atomic E-state index is -0.908. The molecule has 0 aliphatic carbocycles. The van der Waals surface area contributed by atoms with Crippen LogP contribution in [0.15, 0.2) is 33.9 Å². The van der Waals surface area contributed by atoms with E-state index in [1.54, 1.807) is 0 Å². The SMILES string of the molecule is C=C1N=NC(=O)C(N)=C1[N+](=O)[O-]. The molecule has 0 aromatic rings. The number of nitro groups is 1. The van der Waals surface area contributed by atoms with Crippen LogP contribution in [0.3, 0.4) is 0 Å². The van der Waals surface area contributed by atoms with E-state index in [4.69, 9.17) is 5.73 Å². The molecule has 1 heterocycles. The van der Waals surface area contributed by atoms with E-state index in [2.05, 4.69) is 16.8 Å². The van der Waals surface area contributed by atoms with Crippen LogP contribution in [0.2, 0.25) is 0 Å². The highest BCUT2D eigenvalue weighted by molar-refractivity contribution is 5.94.